The third kappa shape index (κ3) is 11.5. The van der Waals surface area contributed by atoms with Gasteiger partial charge in [0.1, 0.15) is 27.6 Å². The predicted octanol–water partition coefficient (Wildman–Crippen LogP) is -2.21. The van der Waals surface area contributed by atoms with Gasteiger partial charge in [-0.25, -0.2) is 30.0 Å². The van der Waals surface area contributed by atoms with Crippen LogP contribution in [0.15, 0.2) is 0 Å². The lowest BCUT2D eigenvalue weighted by Crippen LogP contribution is -2.70. The Morgan fingerprint density at radius 3 is 2.17 bits per heavy atom. The van der Waals surface area contributed by atoms with Gasteiger partial charge in [0.2, 0.25) is 20.0 Å². The van der Waals surface area contributed by atoms with Crippen molar-refractivity contribution in [1.29, 1.82) is 0 Å². The van der Waals surface area contributed by atoms with E-state index < -0.39 is 104 Å². The Hall–Kier alpha value is -0.510. The van der Waals surface area contributed by atoms with Crippen LogP contribution >= 0.6 is 0 Å². The molecule has 2 aliphatic rings. The van der Waals surface area contributed by atoms with Crippen LogP contribution in [0.25, 0.3) is 0 Å². The van der Waals surface area contributed by atoms with E-state index in [1.54, 1.807) is 0 Å². The van der Waals surface area contributed by atoms with E-state index in [0.717, 1.165) is 31.6 Å². The SMILES string of the molecule is CC(O)C1CC(OC(CO)C(COC2CCCCO2)(NS(C)(=O)=O)C(CO)OCCS(C)(=O)=O)CCN1S(C)(=O)=O. The largest absolute Gasteiger partial charge is 0.394 e. The summed E-state index contributed by atoms with van der Waals surface area (Å²) in [4.78, 5) is 0. The fraction of sp³-hybridized carbons (Fsp3) is 1.00. The van der Waals surface area contributed by atoms with E-state index in [1.165, 1.54) is 11.2 Å². The van der Waals surface area contributed by atoms with Gasteiger partial charge >= 0.3 is 0 Å². The van der Waals surface area contributed by atoms with E-state index in [0.29, 0.717) is 13.0 Å². The molecule has 2 aliphatic heterocycles. The standard InChI is InChI=1S/C23H46N2O13S3/c1-17(28)19-13-18(8-9-25(19)41(4,33)34)38-21(15-27)23(24-40(3,31)32,16-37-22-7-5-6-10-36-22)20(14-26)35-11-12-39(2,29)30/h17-22,24,26-28H,5-16H2,1-4H3. The van der Waals surface area contributed by atoms with Gasteiger partial charge in [0.05, 0.1) is 62.9 Å². The normalized spacial score (nSPS) is 27.1. The van der Waals surface area contributed by atoms with Crippen LogP contribution in [0.1, 0.15) is 39.0 Å². The van der Waals surface area contributed by atoms with Crippen molar-refractivity contribution in [2.45, 2.75) is 81.3 Å². The molecule has 0 aromatic rings. The van der Waals surface area contributed by atoms with Crippen LogP contribution in [0.2, 0.25) is 0 Å². The van der Waals surface area contributed by atoms with Gasteiger partial charge in [-0.2, -0.15) is 4.31 Å². The zero-order valence-corrected chi connectivity index (χ0v) is 26.5. The van der Waals surface area contributed by atoms with Crippen molar-refractivity contribution < 1.29 is 59.5 Å². The summed E-state index contributed by atoms with van der Waals surface area (Å²) in [6.45, 7) is -0.595. The number of sulfone groups is 1. The van der Waals surface area contributed by atoms with Crippen molar-refractivity contribution in [2.24, 2.45) is 0 Å². The lowest BCUT2D eigenvalue weighted by atomic mass is 9.87. The molecule has 2 rings (SSSR count). The minimum Gasteiger partial charge on any atom is -0.394 e. The number of nitrogens with zero attached hydrogens (tertiary/aromatic N) is 1. The average molecular weight is 655 g/mol. The van der Waals surface area contributed by atoms with Gasteiger partial charge in [-0.3, -0.25) is 0 Å². The summed E-state index contributed by atoms with van der Waals surface area (Å²) in [7, 11) is -11.2. The van der Waals surface area contributed by atoms with Crippen molar-refractivity contribution >= 4 is 29.9 Å². The highest BCUT2D eigenvalue weighted by Gasteiger charge is 2.51. The molecule has 2 saturated heterocycles. The van der Waals surface area contributed by atoms with Crippen molar-refractivity contribution in [2.75, 3.05) is 64.1 Å². The number of aliphatic hydroxyl groups excluding tert-OH is 3. The van der Waals surface area contributed by atoms with Crippen molar-refractivity contribution in [3.8, 4) is 0 Å². The molecule has 2 heterocycles. The van der Waals surface area contributed by atoms with E-state index >= 15 is 0 Å². The Morgan fingerprint density at radius 2 is 1.68 bits per heavy atom. The number of sulfonamides is 2. The number of hydrogen-bond acceptors (Lipinski definition) is 13. The van der Waals surface area contributed by atoms with Crippen LogP contribution in [0.5, 0.6) is 0 Å². The van der Waals surface area contributed by atoms with Gasteiger partial charge in [-0.1, -0.05) is 0 Å². The predicted molar refractivity (Wildman–Crippen MR) is 149 cm³/mol. The number of piperidine rings is 1. The zero-order chi connectivity index (χ0) is 31.1. The van der Waals surface area contributed by atoms with Gasteiger partial charge in [0.15, 0.2) is 6.29 Å². The maximum absolute atomic E-state index is 12.7. The molecule has 4 N–H and O–H groups in total. The molecular formula is C23H46N2O13S3. The number of aliphatic hydroxyl groups is 3. The molecule has 0 radical (unpaired) electrons. The quantitative estimate of drug-likeness (QED) is 0.131. The Kier molecular flexibility index (Phi) is 13.8. The van der Waals surface area contributed by atoms with Gasteiger partial charge in [-0.15, -0.1) is 0 Å². The third-order valence-corrected chi connectivity index (χ3v) is 10.1. The Labute approximate surface area is 243 Å². The molecule has 0 saturated carbocycles. The summed E-state index contributed by atoms with van der Waals surface area (Å²) in [5.74, 6) is -0.421. The summed E-state index contributed by atoms with van der Waals surface area (Å²) >= 11 is 0. The highest BCUT2D eigenvalue weighted by Crippen LogP contribution is 2.31. The van der Waals surface area contributed by atoms with Crippen molar-refractivity contribution in [3.63, 3.8) is 0 Å². The highest BCUT2D eigenvalue weighted by atomic mass is 32.2. The first-order chi connectivity index (χ1) is 18.9. The molecule has 0 amide bonds. The molecule has 0 spiro atoms. The number of ether oxygens (including phenoxy) is 4. The molecule has 7 atom stereocenters. The van der Waals surface area contributed by atoms with E-state index in [2.05, 4.69) is 4.72 Å². The first kappa shape index (κ1) is 36.7. The van der Waals surface area contributed by atoms with Gasteiger partial charge in [0, 0.05) is 19.4 Å². The smallest absolute Gasteiger partial charge is 0.211 e. The van der Waals surface area contributed by atoms with Crippen LogP contribution < -0.4 is 4.72 Å². The van der Waals surface area contributed by atoms with Gasteiger partial charge < -0.3 is 34.3 Å². The molecule has 0 aromatic heterocycles. The first-order valence-corrected chi connectivity index (χ1v) is 19.3. The zero-order valence-electron chi connectivity index (χ0n) is 24.0. The summed E-state index contributed by atoms with van der Waals surface area (Å²) in [6, 6.07) is -0.841. The van der Waals surface area contributed by atoms with Gasteiger partial charge in [-0.05, 0) is 39.0 Å². The number of hydrogen-bond donors (Lipinski definition) is 4. The van der Waals surface area contributed by atoms with Crippen LogP contribution in [0.4, 0.5) is 0 Å². The lowest BCUT2D eigenvalue weighted by molar-refractivity contribution is -0.209. The van der Waals surface area contributed by atoms with Crippen LogP contribution in [-0.2, 0) is 48.8 Å². The first-order valence-electron chi connectivity index (χ1n) is 13.5. The molecule has 18 heteroatoms. The maximum Gasteiger partial charge on any atom is 0.211 e. The molecule has 0 aliphatic carbocycles. The summed E-state index contributed by atoms with van der Waals surface area (Å²) in [5, 5.41) is 31.2. The molecule has 41 heavy (non-hydrogen) atoms. The second-order valence-corrected chi connectivity index (χ2v) is 16.8. The summed E-state index contributed by atoms with van der Waals surface area (Å²) in [6.07, 6.45) is -0.155. The highest BCUT2D eigenvalue weighted by molar-refractivity contribution is 7.90. The van der Waals surface area contributed by atoms with Crippen molar-refractivity contribution in [3.05, 3.63) is 0 Å². The Balaban J connectivity index is 2.47. The Morgan fingerprint density at radius 1 is 1.02 bits per heavy atom. The van der Waals surface area contributed by atoms with E-state index in [-0.39, 0.29) is 19.4 Å². The average Bonchev–Trinajstić information content (AvgIpc) is 2.86. The minimum absolute atomic E-state index is 0.00439. The fourth-order valence-corrected chi connectivity index (χ4v) is 7.76. The van der Waals surface area contributed by atoms with E-state index in [1.807, 2.05) is 0 Å². The van der Waals surface area contributed by atoms with Crippen molar-refractivity contribution in [1.82, 2.24) is 9.03 Å². The third-order valence-electron chi connectivity index (χ3n) is 7.16. The molecule has 7 unspecified atom stereocenters. The second-order valence-electron chi connectivity index (χ2n) is 10.8. The summed E-state index contributed by atoms with van der Waals surface area (Å²) in [5.41, 5.74) is -1.97. The van der Waals surface area contributed by atoms with Crippen LogP contribution in [0.3, 0.4) is 0 Å². The van der Waals surface area contributed by atoms with E-state index in [4.69, 9.17) is 18.9 Å². The Bertz CT molecular complexity index is 1130. The van der Waals surface area contributed by atoms with E-state index in [9.17, 15) is 40.6 Å². The van der Waals surface area contributed by atoms with Gasteiger partial charge in [0.25, 0.3) is 0 Å². The number of nitrogens with one attached hydrogen (secondary N) is 1. The topological polar surface area (TPSA) is 215 Å². The molecule has 0 aromatic carbocycles. The second kappa shape index (κ2) is 15.5. The number of rotatable bonds is 17. The fourth-order valence-electron chi connectivity index (χ4n) is 5.15. The lowest BCUT2D eigenvalue weighted by Gasteiger charge is -2.47. The molecule has 15 nitrogen and oxygen atoms in total. The summed E-state index contributed by atoms with van der Waals surface area (Å²) < 4.78 is 100. The molecular weight excluding hydrogens is 608 g/mol. The molecule has 244 valence electrons. The van der Waals surface area contributed by atoms with Crippen LogP contribution in [-0.4, -0.2) is 151 Å². The molecule has 0 bridgehead atoms. The minimum atomic E-state index is -4.09. The monoisotopic (exact) mass is 654 g/mol. The molecule has 2 fully saturated rings. The van der Waals surface area contributed by atoms with Crippen LogP contribution in [0, 0.1) is 0 Å². The maximum atomic E-state index is 12.7.